The van der Waals surface area contributed by atoms with Crippen LogP contribution in [0.2, 0.25) is 18.1 Å². The minimum absolute atomic E-state index is 0.0600. The van der Waals surface area contributed by atoms with Crippen LogP contribution in [0.5, 0.6) is 0 Å². The maximum Gasteiger partial charge on any atom is 0.339 e. The summed E-state index contributed by atoms with van der Waals surface area (Å²) < 4.78 is 12.0. The average molecular weight is 347 g/mol. The van der Waals surface area contributed by atoms with E-state index in [4.69, 9.17) is 9.16 Å². The lowest BCUT2D eigenvalue weighted by molar-refractivity contribution is -0.149. The van der Waals surface area contributed by atoms with E-state index in [0.717, 1.165) is 11.3 Å². The molecule has 1 aliphatic carbocycles. The molecule has 0 heterocycles. The van der Waals surface area contributed by atoms with Crippen LogP contribution in [0, 0.1) is 0 Å². The van der Waals surface area contributed by atoms with Crippen molar-refractivity contribution >= 4 is 14.3 Å². The minimum atomic E-state index is -1.99. The van der Waals surface area contributed by atoms with E-state index in [1.807, 2.05) is 51.1 Å². The van der Waals surface area contributed by atoms with Gasteiger partial charge in [-0.2, -0.15) is 0 Å². The Morgan fingerprint density at radius 2 is 1.54 bits per heavy atom. The molecule has 0 bridgehead atoms. The molecule has 0 N–H and O–H groups in total. The first kappa shape index (κ1) is 18.8. The predicted octanol–water partition coefficient (Wildman–Crippen LogP) is 5.40. The van der Waals surface area contributed by atoms with Crippen molar-refractivity contribution < 1.29 is 14.0 Å². The van der Waals surface area contributed by atoms with Crippen molar-refractivity contribution in [2.75, 3.05) is 0 Å². The first-order chi connectivity index (χ1) is 10.8. The summed E-state index contributed by atoms with van der Waals surface area (Å²) >= 11 is 0. The normalized spacial score (nSPS) is 18.4. The zero-order valence-electron chi connectivity index (χ0n) is 16.2. The summed E-state index contributed by atoms with van der Waals surface area (Å²) in [5, 5.41) is 0.0862. The molecular formula is C20H30O3Si. The topological polar surface area (TPSA) is 35.5 Å². The van der Waals surface area contributed by atoms with E-state index >= 15 is 0 Å². The number of hydrogen-bond acceptors (Lipinski definition) is 3. The molecule has 132 valence electrons. The Kier molecular flexibility index (Phi) is 4.75. The molecule has 0 fully saturated rings. The summed E-state index contributed by atoms with van der Waals surface area (Å²) in [5.74, 6) is 0.488. The Morgan fingerprint density at radius 1 is 1.00 bits per heavy atom. The van der Waals surface area contributed by atoms with Gasteiger partial charge in [0.15, 0.2) is 0 Å². The number of esters is 1. The van der Waals surface area contributed by atoms with Gasteiger partial charge in [-0.3, -0.25) is 0 Å². The van der Waals surface area contributed by atoms with Crippen LogP contribution in [0.1, 0.15) is 53.0 Å². The molecule has 1 aliphatic rings. The molecule has 0 saturated carbocycles. The lowest BCUT2D eigenvalue weighted by Gasteiger charge is -2.35. The van der Waals surface area contributed by atoms with Gasteiger partial charge >= 0.3 is 5.97 Å². The van der Waals surface area contributed by atoms with Crippen LogP contribution in [0.4, 0.5) is 0 Å². The van der Waals surface area contributed by atoms with Crippen molar-refractivity contribution in [3.05, 3.63) is 47.2 Å². The molecule has 3 nitrogen and oxygen atoms in total. The molecule has 4 heteroatoms. The maximum absolute atomic E-state index is 12.6. The molecule has 1 aromatic rings. The third kappa shape index (κ3) is 4.10. The molecule has 0 aliphatic heterocycles. The van der Waals surface area contributed by atoms with Crippen LogP contribution in [0.3, 0.4) is 0 Å². The quantitative estimate of drug-likeness (QED) is 0.541. The van der Waals surface area contributed by atoms with Crippen LogP contribution in [0.15, 0.2) is 41.7 Å². The van der Waals surface area contributed by atoms with Crippen molar-refractivity contribution in [1.29, 1.82) is 0 Å². The van der Waals surface area contributed by atoms with Gasteiger partial charge in [-0.15, -0.1) is 0 Å². The van der Waals surface area contributed by atoms with Crippen LogP contribution < -0.4 is 0 Å². The van der Waals surface area contributed by atoms with E-state index in [9.17, 15) is 4.79 Å². The highest BCUT2D eigenvalue weighted by Gasteiger charge is 2.51. The first-order valence-corrected chi connectivity index (χ1v) is 11.5. The van der Waals surface area contributed by atoms with Crippen LogP contribution >= 0.6 is 0 Å². The summed E-state index contributed by atoms with van der Waals surface area (Å²) in [5.41, 5.74) is 1.27. The van der Waals surface area contributed by atoms with Gasteiger partial charge in [0, 0.05) is 0 Å². The summed E-state index contributed by atoms with van der Waals surface area (Å²) in [6, 6.07) is 10.0. The lowest BCUT2D eigenvalue weighted by atomic mass is 10.1. The highest BCUT2D eigenvalue weighted by molar-refractivity contribution is 6.74. The van der Waals surface area contributed by atoms with Gasteiger partial charge in [0.2, 0.25) is 8.32 Å². The molecule has 1 aromatic carbocycles. The molecule has 2 rings (SSSR count). The van der Waals surface area contributed by atoms with Crippen molar-refractivity contribution in [1.82, 2.24) is 0 Å². The fourth-order valence-electron chi connectivity index (χ4n) is 2.26. The fraction of sp³-hybridized carbons (Fsp3) is 0.550. The molecule has 1 atom stereocenters. The molecular weight excluding hydrogens is 316 g/mol. The molecule has 24 heavy (non-hydrogen) atoms. The Hall–Kier alpha value is -1.55. The van der Waals surface area contributed by atoms with Crippen LogP contribution in [0.25, 0.3) is 0 Å². The van der Waals surface area contributed by atoms with Crippen molar-refractivity contribution in [2.45, 2.75) is 71.2 Å². The summed E-state index contributed by atoms with van der Waals surface area (Å²) in [7, 11) is -1.99. The summed E-state index contributed by atoms with van der Waals surface area (Å²) in [6.07, 6.45) is 0. The molecule has 1 unspecified atom stereocenters. The number of ether oxygens (including phenoxy) is 1. The Bertz CT molecular complexity index is 646. The largest absolute Gasteiger partial charge is 0.545 e. The predicted molar refractivity (Wildman–Crippen MR) is 100 cm³/mol. The second-order valence-corrected chi connectivity index (χ2v) is 13.7. The number of rotatable bonds is 4. The zero-order valence-corrected chi connectivity index (χ0v) is 17.2. The monoisotopic (exact) mass is 346 g/mol. The smallest absolute Gasteiger partial charge is 0.339 e. The average Bonchev–Trinajstić information content (AvgIpc) is 3.09. The number of benzene rings is 1. The maximum atomic E-state index is 12.6. The molecule has 0 aromatic heterocycles. The van der Waals surface area contributed by atoms with E-state index in [0.29, 0.717) is 5.57 Å². The number of carbonyl (C=O) groups is 1. The first-order valence-electron chi connectivity index (χ1n) is 8.55. The summed E-state index contributed by atoms with van der Waals surface area (Å²) in [6.45, 7) is 16.7. The molecule has 0 spiro atoms. The second kappa shape index (κ2) is 6.07. The summed E-state index contributed by atoms with van der Waals surface area (Å²) in [4.78, 5) is 12.6. The van der Waals surface area contributed by atoms with Crippen molar-refractivity contribution in [3.8, 4) is 0 Å². The Morgan fingerprint density at radius 3 is 2.00 bits per heavy atom. The van der Waals surface area contributed by atoms with E-state index in [1.54, 1.807) is 0 Å². The number of carbonyl (C=O) groups excluding carboxylic acids is 1. The standard InChI is InChI=1S/C20H30O3Si/c1-19(2,3)22-18(21)16-15(14-12-10-9-11-13-14)17(16)23-24(7,8)20(4,5)6/h9-13,15H,1-8H3. The van der Waals surface area contributed by atoms with Crippen molar-refractivity contribution in [3.63, 3.8) is 0 Å². The van der Waals surface area contributed by atoms with Gasteiger partial charge in [-0.1, -0.05) is 51.1 Å². The van der Waals surface area contributed by atoms with Gasteiger partial charge in [0.25, 0.3) is 0 Å². The van der Waals surface area contributed by atoms with Crippen molar-refractivity contribution in [2.24, 2.45) is 0 Å². The van der Waals surface area contributed by atoms with E-state index in [-0.39, 0.29) is 16.9 Å². The fourth-order valence-corrected chi connectivity index (χ4v) is 3.34. The number of hydrogen-bond donors (Lipinski definition) is 0. The van der Waals surface area contributed by atoms with E-state index in [1.165, 1.54) is 0 Å². The third-order valence-electron chi connectivity index (χ3n) is 4.66. The molecule has 0 saturated heterocycles. The zero-order chi connectivity index (χ0) is 18.3. The van der Waals surface area contributed by atoms with Gasteiger partial charge in [-0.25, -0.2) is 4.79 Å². The second-order valence-electron chi connectivity index (χ2n) is 8.99. The van der Waals surface area contributed by atoms with Crippen LogP contribution in [-0.4, -0.2) is 19.9 Å². The highest BCUT2D eigenvalue weighted by atomic mass is 28.4. The van der Waals surface area contributed by atoms with E-state index < -0.39 is 13.9 Å². The highest BCUT2D eigenvalue weighted by Crippen LogP contribution is 2.53. The van der Waals surface area contributed by atoms with Crippen LogP contribution in [-0.2, 0) is 14.0 Å². The van der Waals surface area contributed by atoms with E-state index in [2.05, 4.69) is 33.9 Å². The minimum Gasteiger partial charge on any atom is -0.545 e. The lowest BCUT2D eigenvalue weighted by Crippen LogP contribution is -2.39. The van der Waals surface area contributed by atoms with Gasteiger partial charge in [0.05, 0.1) is 11.5 Å². The molecule has 0 radical (unpaired) electrons. The van der Waals surface area contributed by atoms with Gasteiger partial charge in [-0.05, 0) is 44.5 Å². The Balaban J connectivity index is 2.29. The molecule has 0 amide bonds. The van der Waals surface area contributed by atoms with Gasteiger partial charge in [0.1, 0.15) is 11.4 Å². The SMILES string of the molecule is CC(C)(C)OC(=O)C1=C(O[Si](C)(C)C(C)(C)C)C1c1ccccc1. The number of allylic oxidation sites excluding steroid dienone is 1. The Labute approximate surface area is 147 Å². The third-order valence-corrected chi connectivity index (χ3v) is 9.00. The van der Waals surface area contributed by atoms with Gasteiger partial charge < -0.3 is 9.16 Å².